The second-order valence-electron chi connectivity index (χ2n) is 2.76. The molecule has 0 aromatic rings. The first-order chi connectivity index (χ1) is 7.51. The van der Waals surface area contributed by atoms with Crippen molar-refractivity contribution in [3.8, 4) is 0 Å². The van der Waals surface area contributed by atoms with Gasteiger partial charge >= 0.3 is 47.1 Å². The van der Waals surface area contributed by atoms with Gasteiger partial charge in [0.1, 0.15) is 0 Å². The maximum atomic E-state index is 10.3. The van der Waals surface area contributed by atoms with Crippen LogP contribution in [0.5, 0.6) is 0 Å². The second kappa shape index (κ2) is 9.44. The van der Waals surface area contributed by atoms with Crippen LogP contribution in [0.4, 0.5) is 4.79 Å². The van der Waals surface area contributed by atoms with Gasteiger partial charge in [0.05, 0.1) is 12.8 Å². The van der Waals surface area contributed by atoms with E-state index in [0.717, 1.165) is 0 Å². The molecule has 0 unspecified atom stereocenters. The third-order valence-electron chi connectivity index (χ3n) is 1.29. The molecule has 0 aromatic carbocycles. The quantitative estimate of drug-likeness (QED) is 0.334. The normalized spacial score (nSPS) is 9.17. The van der Waals surface area contributed by atoms with Gasteiger partial charge in [-0.3, -0.25) is 9.59 Å². The number of aliphatic carboxylic acids is 3. The van der Waals surface area contributed by atoms with Crippen molar-refractivity contribution in [2.75, 3.05) is 0 Å². The van der Waals surface area contributed by atoms with Crippen molar-refractivity contribution in [3.05, 3.63) is 0 Å². The SMILES string of the molecule is O=C(O)CC(O)(CC(=O)O)C(=O)O.O=C(O)O.[H-].[H-].[Mg+2]. The van der Waals surface area contributed by atoms with Gasteiger partial charge in [-0.05, 0) is 0 Å². The second-order valence-corrected chi connectivity index (χ2v) is 2.76. The molecule has 0 bridgehead atoms. The van der Waals surface area contributed by atoms with Crippen molar-refractivity contribution in [1.82, 2.24) is 0 Å². The molecule has 0 rings (SSSR count). The third-order valence-corrected chi connectivity index (χ3v) is 1.29. The molecule has 10 nitrogen and oxygen atoms in total. The van der Waals surface area contributed by atoms with Crippen molar-refractivity contribution < 1.29 is 52.7 Å². The van der Waals surface area contributed by atoms with E-state index in [4.69, 9.17) is 35.4 Å². The van der Waals surface area contributed by atoms with Crippen molar-refractivity contribution in [3.63, 3.8) is 0 Å². The molecule has 6 N–H and O–H groups in total. The van der Waals surface area contributed by atoms with E-state index < -0.39 is 42.5 Å². The fourth-order valence-electron chi connectivity index (χ4n) is 0.714. The van der Waals surface area contributed by atoms with Gasteiger partial charge in [-0.15, -0.1) is 0 Å². The zero-order valence-corrected chi connectivity index (χ0v) is 10.4. The topological polar surface area (TPSA) is 190 Å². The van der Waals surface area contributed by atoms with E-state index in [-0.39, 0.29) is 25.9 Å². The fraction of sp³-hybridized carbons (Fsp3) is 0.429. The van der Waals surface area contributed by atoms with E-state index in [2.05, 4.69) is 0 Å². The molecule has 0 aliphatic heterocycles. The smallest absolute Gasteiger partial charge is 1.00 e. The summed E-state index contributed by atoms with van der Waals surface area (Å²) >= 11 is 0. The number of hydrogen-bond acceptors (Lipinski definition) is 5. The molecule has 0 heterocycles. The van der Waals surface area contributed by atoms with E-state index >= 15 is 0 Å². The summed E-state index contributed by atoms with van der Waals surface area (Å²) in [7, 11) is 0. The van der Waals surface area contributed by atoms with E-state index in [1.165, 1.54) is 0 Å². The summed E-state index contributed by atoms with van der Waals surface area (Å²) in [6.45, 7) is 0. The van der Waals surface area contributed by atoms with Crippen molar-refractivity contribution >= 4 is 47.1 Å². The number of aliphatic hydroxyl groups is 1. The zero-order chi connectivity index (χ0) is 14.2. The maximum absolute atomic E-state index is 10.3. The molecule has 0 spiro atoms. The van der Waals surface area contributed by atoms with Crippen molar-refractivity contribution in [1.29, 1.82) is 0 Å². The Balaban J connectivity index is -0.0000000951. The number of hydrogen-bond donors (Lipinski definition) is 6. The predicted molar refractivity (Wildman–Crippen MR) is 55.7 cm³/mol. The number of carbonyl (C=O) groups is 4. The molecule has 0 saturated heterocycles. The average Bonchev–Trinajstić information content (AvgIpc) is 1.98. The van der Waals surface area contributed by atoms with Gasteiger partial charge in [-0.25, -0.2) is 9.59 Å². The minimum atomic E-state index is -2.74. The average molecular weight is 280 g/mol. The maximum Gasteiger partial charge on any atom is 2.00 e. The van der Waals surface area contributed by atoms with E-state index in [9.17, 15) is 14.4 Å². The van der Waals surface area contributed by atoms with Crippen molar-refractivity contribution in [2.24, 2.45) is 0 Å². The number of carboxylic acids is 3. The Labute approximate surface area is 119 Å². The van der Waals surface area contributed by atoms with Crippen LogP contribution in [-0.2, 0) is 14.4 Å². The van der Waals surface area contributed by atoms with Crippen LogP contribution in [0.15, 0.2) is 0 Å². The molecule has 0 fully saturated rings. The van der Waals surface area contributed by atoms with Gasteiger partial charge in [0.2, 0.25) is 0 Å². The molecule has 18 heavy (non-hydrogen) atoms. The molecule has 0 atom stereocenters. The number of rotatable bonds is 5. The van der Waals surface area contributed by atoms with Crippen LogP contribution in [-0.4, -0.2) is 83.4 Å². The van der Waals surface area contributed by atoms with Crippen LogP contribution in [0.3, 0.4) is 0 Å². The van der Waals surface area contributed by atoms with Gasteiger partial charge in [0, 0.05) is 0 Å². The molecule has 0 radical (unpaired) electrons. The molecular weight excluding hydrogens is 268 g/mol. The Hall–Kier alpha value is -1.59. The number of carboxylic acid groups (broad SMARTS) is 5. The first-order valence-electron chi connectivity index (χ1n) is 3.82. The Morgan fingerprint density at radius 3 is 1.17 bits per heavy atom. The standard InChI is InChI=1S/C6H8O7.CH2O3.Mg.2H/c7-3(8)1-6(13,5(11)12)2-4(9)10;2-1(3)4;;;/h13H,1-2H2,(H,7,8)(H,9,10)(H,11,12);(H2,2,3,4);;;/q;;+2;2*-1. The molecule has 0 aliphatic carbocycles. The Morgan fingerprint density at radius 2 is 1.06 bits per heavy atom. The van der Waals surface area contributed by atoms with Gasteiger partial charge in [-0.2, -0.15) is 0 Å². The summed E-state index contributed by atoms with van der Waals surface area (Å²) in [4.78, 5) is 39.0. The van der Waals surface area contributed by atoms with Crippen LogP contribution >= 0.6 is 0 Å². The Bertz CT molecular complexity index is 314. The summed E-state index contributed by atoms with van der Waals surface area (Å²) in [5.74, 6) is -5.02. The van der Waals surface area contributed by atoms with Gasteiger partial charge in [0.15, 0.2) is 5.60 Å². The van der Waals surface area contributed by atoms with Gasteiger partial charge in [-0.1, -0.05) is 0 Å². The van der Waals surface area contributed by atoms with E-state index in [1.54, 1.807) is 0 Å². The minimum Gasteiger partial charge on any atom is -1.00 e. The zero-order valence-electron chi connectivity index (χ0n) is 10.9. The first kappa shape index (κ1) is 21.7. The Morgan fingerprint density at radius 1 is 0.833 bits per heavy atom. The molecule has 11 heteroatoms. The largest absolute Gasteiger partial charge is 2.00 e. The molecule has 0 amide bonds. The summed E-state index contributed by atoms with van der Waals surface area (Å²) in [6, 6.07) is 0. The minimum absolute atomic E-state index is 0. The van der Waals surface area contributed by atoms with Crippen LogP contribution < -0.4 is 0 Å². The van der Waals surface area contributed by atoms with Crippen LogP contribution in [0.25, 0.3) is 0 Å². The van der Waals surface area contributed by atoms with Crippen molar-refractivity contribution in [2.45, 2.75) is 18.4 Å². The molecule has 0 aliphatic rings. The summed E-state index contributed by atoms with van der Waals surface area (Å²) in [5, 5.41) is 47.8. The third kappa shape index (κ3) is 12.5. The van der Waals surface area contributed by atoms with Crippen LogP contribution in [0.2, 0.25) is 0 Å². The predicted octanol–water partition coefficient (Wildman–Crippen LogP) is -1.18. The molecule has 0 saturated carbocycles. The fourth-order valence-corrected chi connectivity index (χ4v) is 0.714. The van der Waals surface area contributed by atoms with Gasteiger partial charge < -0.3 is 33.5 Å². The monoisotopic (exact) mass is 280 g/mol. The summed E-state index contributed by atoms with van der Waals surface area (Å²) < 4.78 is 0. The van der Waals surface area contributed by atoms with E-state index in [1.807, 2.05) is 0 Å². The summed E-state index contributed by atoms with van der Waals surface area (Å²) in [5.41, 5.74) is -2.74. The molecular formula is C7H12MgO10. The molecule has 0 aromatic heterocycles. The van der Waals surface area contributed by atoms with Gasteiger partial charge in [0.25, 0.3) is 0 Å². The Kier molecular flexibility index (Phi) is 11.4. The van der Waals surface area contributed by atoms with Crippen LogP contribution in [0, 0.1) is 0 Å². The van der Waals surface area contributed by atoms with E-state index in [0.29, 0.717) is 0 Å². The van der Waals surface area contributed by atoms with Crippen LogP contribution in [0.1, 0.15) is 15.7 Å². The first-order valence-corrected chi connectivity index (χ1v) is 3.82. The molecule has 102 valence electrons. The summed E-state index contributed by atoms with van der Waals surface area (Å²) in [6.07, 6.45) is -4.12.